The van der Waals surface area contributed by atoms with Gasteiger partial charge in [-0.1, -0.05) is 16.8 Å². The van der Waals surface area contributed by atoms with Gasteiger partial charge in [-0.3, -0.25) is 10.1 Å². The smallest absolute Gasteiger partial charge is 0.312 e. The summed E-state index contributed by atoms with van der Waals surface area (Å²) in [6, 6.07) is 4.26. The average molecular weight is 300 g/mol. The van der Waals surface area contributed by atoms with Crippen LogP contribution < -0.4 is 10.5 Å². The third kappa shape index (κ3) is 3.30. The first-order valence-corrected chi connectivity index (χ1v) is 6.37. The number of halogens is 1. The molecule has 0 saturated heterocycles. The van der Waals surface area contributed by atoms with Crippen molar-refractivity contribution in [2.24, 2.45) is 16.3 Å². The highest BCUT2D eigenvalue weighted by Crippen LogP contribution is 2.49. The summed E-state index contributed by atoms with van der Waals surface area (Å²) in [5.74, 6) is 0.307. The van der Waals surface area contributed by atoms with Crippen LogP contribution >= 0.6 is 11.6 Å². The number of nitrogens with two attached hydrogens (primary N) is 1. The van der Waals surface area contributed by atoms with E-state index in [9.17, 15) is 10.1 Å². The van der Waals surface area contributed by atoms with Crippen LogP contribution in [0.2, 0.25) is 5.02 Å². The first kappa shape index (κ1) is 14.4. The molecule has 7 nitrogen and oxygen atoms in total. The fraction of sp³-hybridized carbons (Fsp3) is 0.417. The zero-order chi connectivity index (χ0) is 14.8. The molecule has 0 unspecified atom stereocenters. The second-order valence-corrected chi connectivity index (χ2v) is 5.36. The van der Waals surface area contributed by atoms with Crippen molar-refractivity contribution in [3.63, 3.8) is 0 Å². The molecule has 0 radical (unpaired) electrons. The molecule has 8 heteroatoms. The Morgan fingerprint density at radius 2 is 2.30 bits per heavy atom. The van der Waals surface area contributed by atoms with E-state index in [1.165, 1.54) is 18.2 Å². The summed E-state index contributed by atoms with van der Waals surface area (Å²) in [5, 5.41) is 22.7. The van der Waals surface area contributed by atoms with E-state index in [-0.39, 0.29) is 34.3 Å². The van der Waals surface area contributed by atoms with Crippen LogP contribution in [0.3, 0.4) is 0 Å². The normalized spacial score (nSPS) is 16.8. The maximum absolute atomic E-state index is 10.9. The van der Waals surface area contributed by atoms with Crippen molar-refractivity contribution in [3.05, 3.63) is 33.3 Å². The molecule has 0 spiro atoms. The minimum atomic E-state index is -0.537. The Balaban J connectivity index is 2.06. The van der Waals surface area contributed by atoms with Crippen molar-refractivity contribution in [1.82, 2.24) is 0 Å². The fourth-order valence-electron chi connectivity index (χ4n) is 1.95. The Bertz CT molecular complexity index is 558. The van der Waals surface area contributed by atoms with Gasteiger partial charge in [0.1, 0.15) is 5.84 Å². The molecule has 0 atom stereocenters. The average Bonchev–Trinajstić information content (AvgIpc) is 3.17. The largest absolute Gasteiger partial charge is 0.486 e. The molecule has 1 aromatic carbocycles. The molecule has 1 aliphatic carbocycles. The van der Waals surface area contributed by atoms with Crippen LogP contribution in [0.15, 0.2) is 23.4 Å². The van der Waals surface area contributed by atoms with Crippen LogP contribution in [0.25, 0.3) is 0 Å². The maximum Gasteiger partial charge on any atom is 0.312 e. The second-order valence-electron chi connectivity index (χ2n) is 4.93. The van der Waals surface area contributed by atoms with Gasteiger partial charge in [-0.15, -0.1) is 0 Å². The van der Waals surface area contributed by atoms with E-state index in [1.54, 1.807) is 0 Å². The molecular weight excluding hydrogens is 286 g/mol. The van der Waals surface area contributed by atoms with Crippen LogP contribution in [-0.2, 0) is 0 Å². The molecule has 1 aliphatic rings. The molecule has 0 aromatic heterocycles. The van der Waals surface area contributed by atoms with Gasteiger partial charge >= 0.3 is 5.69 Å². The molecule has 0 aliphatic heterocycles. The lowest BCUT2D eigenvalue weighted by Crippen LogP contribution is -2.22. The second kappa shape index (κ2) is 5.54. The number of nitro groups is 1. The number of nitro benzene ring substituents is 1. The van der Waals surface area contributed by atoms with E-state index in [2.05, 4.69) is 5.16 Å². The SMILES string of the molecule is NC(CC1(COc2ccc(Cl)cc2[N+](=O)[O-])CC1)=NO. The zero-order valence-electron chi connectivity index (χ0n) is 10.6. The lowest BCUT2D eigenvalue weighted by atomic mass is 10.0. The highest BCUT2D eigenvalue weighted by Gasteiger charge is 2.44. The van der Waals surface area contributed by atoms with Crippen LogP contribution in [0.1, 0.15) is 19.3 Å². The fourth-order valence-corrected chi connectivity index (χ4v) is 2.12. The number of nitrogens with zero attached hydrogens (tertiary/aromatic N) is 2. The minimum absolute atomic E-state index is 0.136. The van der Waals surface area contributed by atoms with Crippen LogP contribution in [0, 0.1) is 15.5 Å². The van der Waals surface area contributed by atoms with E-state index in [4.69, 9.17) is 27.3 Å². The van der Waals surface area contributed by atoms with Gasteiger partial charge in [0, 0.05) is 22.9 Å². The first-order valence-electron chi connectivity index (χ1n) is 5.99. The van der Waals surface area contributed by atoms with E-state index in [1.807, 2.05) is 0 Å². The predicted octanol–water partition coefficient (Wildman–Crippen LogP) is 2.54. The third-order valence-corrected chi connectivity index (χ3v) is 3.53. The van der Waals surface area contributed by atoms with Crippen LogP contribution in [-0.4, -0.2) is 22.6 Å². The van der Waals surface area contributed by atoms with Crippen molar-refractivity contribution >= 4 is 23.1 Å². The van der Waals surface area contributed by atoms with Gasteiger partial charge < -0.3 is 15.7 Å². The Labute approximate surface area is 120 Å². The number of amidine groups is 1. The van der Waals surface area contributed by atoms with Crippen molar-refractivity contribution in [2.45, 2.75) is 19.3 Å². The summed E-state index contributed by atoms with van der Waals surface area (Å²) in [6.07, 6.45) is 2.17. The molecule has 108 valence electrons. The molecule has 0 heterocycles. The van der Waals surface area contributed by atoms with Crippen molar-refractivity contribution in [2.75, 3.05) is 6.61 Å². The molecule has 0 bridgehead atoms. The summed E-state index contributed by atoms with van der Waals surface area (Å²) in [4.78, 5) is 10.4. The summed E-state index contributed by atoms with van der Waals surface area (Å²) in [6.45, 7) is 0.283. The van der Waals surface area contributed by atoms with Crippen molar-refractivity contribution < 1.29 is 14.9 Å². The van der Waals surface area contributed by atoms with E-state index >= 15 is 0 Å². The number of hydrogen-bond donors (Lipinski definition) is 2. The molecule has 1 saturated carbocycles. The van der Waals surface area contributed by atoms with Gasteiger partial charge in [0.15, 0.2) is 5.75 Å². The molecule has 1 aromatic rings. The molecule has 20 heavy (non-hydrogen) atoms. The number of ether oxygens (including phenoxy) is 1. The predicted molar refractivity (Wildman–Crippen MR) is 73.3 cm³/mol. The number of rotatable bonds is 6. The van der Waals surface area contributed by atoms with Crippen molar-refractivity contribution in [1.29, 1.82) is 0 Å². The maximum atomic E-state index is 10.9. The van der Waals surface area contributed by atoms with Gasteiger partial charge in [0.2, 0.25) is 0 Å². The standard InChI is InChI=1S/C12H14ClN3O4/c13-8-1-2-10(9(5-8)16(18)19)20-7-12(3-4-12)6-11(14)15-17/h1-2,5,17H,3-4,6-7H2,(H2,14,15). The summed E-state index contributed by atoms with van der Waals surface area (Å²) in [5.41, 5.74) is 5.12. The Hall–Kier alpha value is -2.02. The number of hydrogen-bond acceptors (Lipinski definition) is 5. The Kier molecular flexibility index (Phi) is 3.99. The van der Waals surface area contributed by atoms with Gasteiger partial charge in [0.05, 0.1) is 11.5 Å². The lowest BCUT2D eigenvalue weighted by molar-refractivity contribution is -0.385. The van der Waals surface area contributed by atoms with E-state index in [0.29, 0.717) is 6.42 Å². The molecular formula is C12H14ClN3O4. The van der Waals surface area contributed by atoms with Gasteiger partial charge in [0.25, 0.3) is 0 Å². The quantitative estimate of drug-likeness (QED) is 0.276. The van der Waals surface area contributed by atoms with E-state index in [0.717, 1.165) is 12.8 Å². The Morgan fingerprint density at radius 3 is 2.85 bits per heavy atom. The first-order chi connectivity index (χ1) is 9.46. The van der Waals surface area contributed by atoms with Crippen LogP contribution in [0.4, 0.5) is 5.69 Å². The minimum Gasteiger partial charge on any atom is -0.486 e. The number of benzene rings is 1. The van der Waals surface area contributed by atoms with E-state index < -0.39 is 4.92 Å². The third-order valence-electron chi connectivity index (χ3n) is 3.29. The number of oxime groups is 1. The van der Waals surface area contributed by atoms with Gasteiger partial charge in [-0.05, 0) is 25.0 Å². The van der Waals surface area contributed by atoms with Gasteiger partial charge in [-0.2, -0.15) is 0 Å². The molecule has 3 N–H and O–H groups in total. The van der Waals surface area contributed by atoms with Crippen LogP contribution in [0.5, 0.6) is 5.75 Å². The lowest BCUT2D eigenvalue weighted by Gasteiger charge is -2.15. The topological polar surface area (TPSA) is 111 Å². The highest BCUT2D eigenvalue weighted by atomic mass is 35.5. The Morgan fingerprint density at radius 1 is 1.60 bits per heavy atom. The summed E-state index contributed by atoms with van der Waals surface area (Å²) < 4.78 is 5.53. The van der Waals surface area contributed by atoms with Crippen molar-refractivity contribution in [3.8, 4) is 5.75 Å². The summed E-state index contributed by atoms with van der Waals surface area (Å²) in [7, 11) is 0. The van der Waals surface area contributed by atoms with Gasteiger partial charge in [-0.25, -0.2) is 0 Å². The highest BCUT2D eigenvalue weighted by molar-refractivity contribution is 6.30. The summed E-state index contributed by atoms with van der Waals surface area (Å²) >= 11 is 5.73. The zero-order valence-corrected chi connectivity index (χ0v) is 11.3. The molecule has 0 amide bonds. The monoisotopic (exact) mass is 299 g/mol. The molecule has 1 fully saturated rings. The molecule has 2 rings (SSSR count).